The van der Waals surface area contributed by atoms with Crippen LogP contribution >= 0.6 is 0 Å². The summed E-state index contributed by atoms with van der Waals surface area (Å²) in [5, 5.41) is 2.85. The fourth-order valence-corrected chi connectivity index (χ4v) is 2.97. The van der Waals surface area contributed by atoms with Crippen molar-refractivity contribution in [3.63, 3.8) is 0 Å². The van der Waals surface area contributed by atoms with E-state index in [0.717, 1.165) is 22.4 Å². The van der Waals surface area contributed by atoms with Gasteiger partial charge in [0, 0.05) is 13.5 Å². The van der Waals surface area contributed by atoms with Crippen molar-refractivity contribution in [2.75, 3.05) is 25.7 Å². The number of anilines is 1. The van der Waals surface area contributed by atoms with E-state index in [0.29, 0.717) is 18.0 Å². The van der Waals surface area contributed by atoms with E-state index < -0.39 is 0 Å². The number of aryl methyl sites for hydroxylation is 2. The van der Waals surface area contributed by atoms with Crippen LogP contribution in [0, 0.1) is 13.8 Å². The van der Waals surface area contributed by atoms with Gasteiger partial charge in [-0.15, -0.1) is 0 Å². The molecular weight excluding hydrogens is 344 g/mol. The molecule has 0 unspecified atom stereocenters. The first-order chi connectivity index (χ1) is 12.9. The number of carbonyl (C=O) groups is 2. The van der Waals surface area contributed by atoms with Gasteiger partial charge in [-0.3, -0.25) is 9.59 Å². The molecule has 0 aliphatic carbocycles. The second-order valence-electron chi connectivity index (χ2n) is 6.31. The minimum Gasteiger partial charge on any atom is -0.493 e. The van der Waals surface area contributed by atoms with Crippen molar-refractivity contribution in [1.82, 2.24) is 5.32 Å². The first-order valence-corrected chi connectivity index (χ1v) is 8.69. The van der Waals surface area contributed by atoms with Crippen molar-refractivity contribution >= 4 is 17.5 Å². The molecule has 0 aromatic heterocycles. The molecule has 0 aliphatic rings. The Morgan fingerprint density at radius 1 is 1.00 bits per heavy atom. The highest BCUT2D eigenvalue weighted by molar-refractivity contribution is 5.98. The summed E-state index contributed by atoms with van der Waals surface area (Å²) in [5.41, 5.74) is 3.57. The summed E-state index contributed by atoms with van der Waals surface area (Å²) in [6, 6.07) is 11.3. The SMILES string of the molecule is COc1ccc(CNC(=O)CN(C(C)=O)c2c(C)cccc2C)cc1OC. The van der Waals surface area contributed by atoms with Gasteiger partial charge in [-0.1, -0.05) is 24.3 Å². The summed E-state index contributed by atoms with van der Waals surface area (Å²) < 4.78 is 10.5. The number of methoxy groups -OCH3 is 2. The third kappa shape index (κ3) is 5.00. The van der Waals surface area contributed by atoms with Gasteiger partial charge in [0.2, 0.25) is 11.8 Å². The van der Waals surface area contributed by atoms with Gasteiger partial charge in [-0.2, -0.15) is 0 Å². The van der Waals surface area contributed by atoms with Gasteiger partial charge in [0.1, 0.15) is 6.54 Å². The van der Waals surface area contributed by atoms with Crippen molar-refractivity contribution in [2.45, 2.75) is 27.3 Å². The number of hydrogen-bond donors (Lipinski definition) is 1. The zero-order valence-corrected chi connectivity index (χ0v) is 16.5. The molecule has 0 spiro atoms. The van der Waals surface area contributed by atoms with E-state index in [-0.39, 0.29) is 18.4 Å². The summed E-state index contributed by atoms with van der Waals surface area (Å²) in [4.78, 5) is 26.1. The van der Waals surface area contributed by atoms with Crippen LogP contribution in [0.4, 0.5) is 5.69 Å². The Labute approximate surface area is 160 Å². The van der Waals surface area contributed by atoms with Gasteiger partial charge in [0.05, 0.1) is 19.9 Å². The lowest BCUT2D eigenvalue weighted by Gasteiger charge is -2.24. The van der Waals surface area contributed by atoms with Crippen molar-refractivity contribution in [3.05, 3.63) is 53.1 Å². The maximum atomic E-state index is 12.4. The molecule has 0 atom stereocenters. The van der Waals surface area contributed by atoms with Crippen LogP contribution in [0.1, 0.15) is 23.6 Å². The molecule has 0 fully saturated rings. The Morgan fingerprint density at radius 3 is 2.19 bits per heavy atom. The molecule has 0 heterocycles. The van der Waals surface area contributed by atoms with E-state index >= 15 is 0 Å². The Bertz CT molecular complexity index is 813. The molecule has 6 heteroatoms. The summed E-state index contributed by atoms with van der Waals surface area (Å²) in [6.45, 7) is 5.62. The minimum atomic E-state index is -0.234. The first kappa shape index (κ1) is 20.3. The minimum absolute atomic E-state index is 0.0334. The smallest absolute Gasteiger partial charge is 0.240 e. The fraction of sp³-hybridized carbons (Fsp3) is 0.333. The van der Waals surface area contributed by atoms with Crippen molar-refractivity contribution in [3.8, 4) is 11.5 Å². The van der Waals surface area contributed by atoms with Crippen LogP contribution < -0.4 is 19.7 Å². The number of hydrogen-bond acceptors (Lipinski definition) is 4. The quantitative estimate of drug-likeness (QED) is 0.814. The van der Waals surface area contributed by atoms with Gasteiger partial charge >= 0.3 is 0 Å². The number of amides is 2. The number of nitrogens with one attached hydrogen (secondary N) is 1. The molecule has 27 heavy (non-hydrogen) atoms. The van der Waals surface area contributed by atoms with Gasteiger partial charge in [-0.25, -0.2) is 0 Å². The zero-order valence-electron chi connectivity index (χ0n) is 16.5. The van der Waals surface area contributed by atoms with Crippen molar-refractivity contribution < 1.29 is 19.1 Å². The van der Waals surface area contributed by atoms with Crippen LogP contribution in [0.5, 0.6) is 11.5 Å². The Morgan fingerprint density at radius 2 is 1.63 bits per heavy atom. The Balaban J connectivity index is 2.08. The van der Waals surface area contributed by atoms with Crippen LogP contribution in [0.3, 0.4) is 0 Å². The lowest BCUT2D eigenvalue weighted by Crippen LogP contribution is -2.40. The molecule has 0 bridgehead atoms. The fourth-order valence-electron chi connectivity index (χ4n) is 2.97. The summed E-state index contributed by atoms with van der Waals surface area (Å²) in [6.07, 6.45) is 0. The predicted molar refractivity (Wildman–Crippen MR) is 105 cm³/mol. The van der Waals surface area contributed by atoms with Gasteiger partial charge in [-0.05, 0) is 42.7 Å². The molecule has 2 aromatic carbocycles. The van der Waals surface area contributed by atoms with Crippen LogP contribution in [-0.4, -0.2) is 32.6 Å². The van der Waals surface area contributed by atoms with Crippen LogP contribution in [-0.2, 0) is 16.1 Å². The van der Waals surface area contributed by atoms with Gasteiger partial charge in [0.15, 0.2) is 11.5 Å². The van der Waals surface area contributed by atoms with Gasteiger partial charge < -0.3 is 19.7 Å². The molecule has 0 saturated heterocycles. The maximum absolute atomic E-state index is 12.4. The monoisotopic (exact) mass is 370 g/mol. The average molecular weight is 370 g/mol. The highest BCUT2D eigenvalue weighted by Gasteiger charge is 2.19. The number of nitrogens with zero attached hydrogens (tertiary/aromatic N) is 1. The van der Waals surface area contributed by atoms with Crippen molar-refractivity contribution in [1.29, 1.82) is 0 Å². The lowest BCUT2D eigenvalue weighted by molar-refractivity contribution is -0.123. The van der Waals surface area contributed by atoms with E-state index in [1.807, 2.05) is 44.2 Å². The summed E-state index contributed by atoms with van der Waals surface area (Å²) >= 11 is 0. The molecule has 2 rings (SSSR count). The molecule has 6 nitrogen and oxygen atoms in total. The molecule has 0 saturated carbocycles. The van der Waals surface area contributed by atoms with Crippen LogP contribution in [0.2, 0.25) is 0 Å². The second-order valence-corrected chi connectivity index (χ2v) is 6.31. The summed E-state index contributed by atoms with van der Waals surface area (Å²) in [5.74, 6) is 0.826. The zero-order chi connectivity index (χ0) is 20.0. The number of benzene rings is 2. The van der Waals surface area contributed by atoms with Crippen LogP contribution in [0.25, 0.3) is 0 Å². The first-order valence-electron chi connectivity index (χ1n) is 8.69. The third-order valence-electron chi connectivity index (χ3n) is 4.33. The highest BCUT2D eigenvalue weighted by Crippen LogP contribution is 2.27. The maximum Gasteiger partial charge on any atom is 0.240 e. The highest BCUT2D eigenvalue weighted by atomic mass is 16.5. The van der Waals surface area contributed by atoms with E-state index in [1.165, 1.54) is 11.8 Å². The number of rotatable bonds is 7. The molecule has 2 aromatic rings. The number of carbonyl (C=O) groups excluding carboxylic acids is 2. The van der Waals surface area contributed by atoms with Crippen molar-refractivity contribution in [2.24, 2.45) is 0 Å². The van der Waals surface area contributed by atoms with E-state index in [1.54, 1.807) is 20.3 Å². The van der Waals surface area contributed by atoms with Gasteiger partial charge in [0.25, 0.3) is 0 Å². The lowest BCUT2D eigenvalue weighted by atomic mass is 10.1. The summed E-state index contributed by atoms with van der Waals surface area (Å²) in [7, 11) is 3.14. The normalized spacial score (nSPS) is 10.3. The largest absolute Gasteiger partial charge is 0.493 e. The number of para-hydroxylation sites is 1. The number of ether oxygens (including phenoxy) is 2. The standard InChI is InChI=1S/C21H26N2O4/c1-14-7-6-8-15(2)21(14)23(16(3)24)13-20(25)22-12-17-9-10-18(26-4)19(11-17)27-5/h6-11H,12-13H2,1-5H3,(H,22,25). The van der Waals surface area contributed by atoms with E-state index in [2.05, 4.69) is 5.32 Å². The molecule has 144 valence electrons. The van der Waals surface area contributed by atoms with E-state index in [4.69, 9.17) is 9.47 Å². The topological polar surface area (TPSA) is 67.9 Å². The Hall–Kier alpha value is -3.02. The molecular formula is C21H26N2O4. The molecule has 1 N–H and O–H groups in total. The van der Waals surface area contributed by atoms with Crippen LogP contribution in [0.15, 0.2) is 36.4 Å². The molecule has 0 aliphatic heterocycles. The molecule has 0 radical (unpaired) electrons. The third-order valence-corrected chi connectivity index (χ3v) is 4.33. The molecule has 2 amide bonds. The Kier molecular flexibility index (Phi) is 6.82. The average Bonchev–Trinajstić information content (AvgIpc) is 2.64. The second kappa shape index (κ2) is 9.07. The predicted octanol–water partition coefficient (Wildman–Crippen LogP) is 2.99. The van der Waals surface area contributed by atoms with E-state index in [9.17, 15) is 9.59 Å².